The minimum Gasteiger partial charge on any atom is -0.461 e. The maximum absolute atomic E-state index is 14.7. The molecule has 0 spiro atoms. The number of halogens is 2. The van der Waals surface area contributed by atoms with Crippen LogP contribution in [0, 0.1) is 11.8 Å². The Labute approximate surface area is 274 Å². The van der Waals surface area contributed by atoms with Crippen molar-refractivity contribution < 1.29 is 42.4 Å². The van der Waals surface area contributed by atoms with E-state index in [9.17, 15) is 18.7 Å². The van der Waals surface area contributed by atoms with Gasteiger partial charge in [0.25, 0.3) is 5.92 Å². The van der Waals surface area contributed by atoms with Crippen LogP contribution in [0.5, 0.6) is 0 Å². The topological polar surface area (TPSA) is 83.5 Å². The van der Waals surface area contributed by atoms with Crippen LogP contribution in [0.1, 0.15) is 115 Å². The van der Waals surface area contributed by atoms with Gasteiger partial charge in [-0.25, -0.2) is 8.78 Å². The second kappa shape index (κ2) is 19.8. The highest BCUT2D eigenvalue weighted by Gasteiger charge is 2.46. The number of hydrogen-bond donors (Lipinski definition) is 1. The highest BCUT2D eigenvalue weighted by molar-refractivity contribution is 5.69. The Kier molecular flexibility index (Phi) is 15.9. The van der Waals surface area contributed by atoms with Gasteiger partial charge in [0.15, 0.2) is 12.6 Å². The summed E-state index contributed by atoms with van der Waals surface area (Å²) in [6.07, 6.45) is 11.9. The van der Waals surface area contributed by atoms with Crippen LogP contribution in [0.15, 0.2) is 42.5 Å². The van der Waals surface area contributed by atoms with Crippen molar-refractivity contribution in [2.75, 3.05) is 13.2 Å². The number of carbonyl (C=O) groups excluding carboxylic acids is 1. The Balaban J connectivity index is 1.36. The van der Waals surface area contributed by atoms with Gasteiger partial charge in [-0.15, -0.1) is 0 Å². The zero-order chi connectivity index (χ0) is 32.6. The average Bonchev–Trinajstić information content (AvgIpc) is 3.39. The molecule has 3 aliphatic rings. The number of unbranched alkanes of at least 4 members (excludes halogenated alkanes) is 4. The van der Waals surface area contributed by atoms with E-state index in [0.717, 1.165) is 76.2 Å². The fraction of sp³-hybridized carbons (Fsp3) is 0.757. The monoisotopic (exact) mass is 650 g/mol. The van der Waals surface area contributed by atoms with E-state index in [1.807, 2.05) is 37.3 Å². The molecule has 0 aromatic heterocycles. The minimum absolute atomic E-state index is 0.0164. The van der Waals surface area contributed by atoms with Crippen molar-refractivity contribution in [2.24, 2.45) is 11.8 Å². The molecule has 1 N–H and O–H groups in total. The molecule has 7 atom stereocenters. The fourth-order valence-electron chi connectivity index (χ4n) is 6.81. The summed E-state index contributed by atoms with van der Waals surface area (Å²) >= 11 is 0. The standard InChI is InChI=1S/C37H56F2O7/c1-2-3-23-37(38,39)33(40)22-21-30-29(17-9-4-5-10-18-34(41)44-27-28-15-7-6-8-16-28)31(45-35-19-11-13-24-42-35)26-32(30)46-36-20-12-14-25-43-36/h6-8,15-16,21-22,29-33,35-36,40H,2-5,9-14,17-20,23-27H2,1H3/b22-21+/t29-,30-,31+,32-,33?,35?,36?/m1/s1. The first-order valence-corrected chi connectivity index (χ1v) is 17.8. The third kappa shape index (κ3) is 12.3. The van der Waals surface area contributed by atoms with Crippen LogP contribution in [-0.4, -0.2) is 61.1 Å². The summed E-state index contributed by atoms with van der Waals surface area (Å²) in [6.45, 7) is 3.48. The van der Waals surface area contributed by atoms with Gasteiger partial charge in [0, 0.05) is 38.4 Å². The number of aliphatic hydroxyl groups excluding tert-OH is 1. The van der Waals surface area contributed by atoms with Crippen molar-refractivity contribution in [3.05, 3.63) is 48.0 Å². The number of benzene rings is 1. The Morgan fingerprint density at radius 2 is 1.63 bits per heavy atom. The maximum atomic E-state index is 14.7. The molecule has 46 heavy (non-hydrogen) atoms. The lowest BCUT2D eigenvalue weighted by Crippen LogP contribution is -2.33. The summed E-state index contributed by atoms with van der Waals surface area (Å²) < 4.78 is 59.7. The lowest BCUT2D eigenvalue weighted by atomic mass is 9.87. The lowest BCUT2D eigenvalue weighted by molar-refractivity contribution is -0.204. The predicted octanol–water partition coefficient (Wildman–Crippen LogP) is 8.27. The molecule has 3 fully saturated rings. The van der Waals surface area contributed by atoms with Crippen molar-refractivity contribution in [3.63, 3.8) is 0 Å². The molecule has 0 bridgehead atoms. The van der Waals surface area contributed by atoms with Crippen LogP contribution in [0.3, 0.4) is 0 Å². The van der Waals surface area contributed by atoms with E-state index in [0.29, 0.717) is 38.9 Å². The quantitative estimate of drug-likeness (QED) is 0.0917. The molecule has 1 aromatic carbocycles. The first-order valence-electron chi connectivity index (χ1n) is 17.8. The van der Waals surface area contributed by atoms with Crippen LogP contribution in [0.4, 0.5) is 8.78 Å². The van der Waals surface area contributed by atoms with Crippen LogP contribution >= 0.6 is 0 Å². The molecule has 260 valence electrons. The van der Waals surface area contributed by atoms with E-state index < -0.39 is 12.0 Å². The fourth-order valence-corrected chi connectivity index (χ4v) is 6.81. The molecule has 3 unspecified atom stereocenters. The number of aliphatic hydroxyl groups is 1. The van der Waals surface area contributed by atoms with E-state index in [2.05, 4.69) is 0 Å². The molecule has 2 heterocycles. The number of ether oxygens (including phenoxy) is 5. The van der Waals surface area contributed by atoms with Gasteiger partial charge in [-0.1, -0.05) is 75.1 Å². The number of hydrogen-bond acceptors (Lipinski definition) is 7. The van der Waals surface area contributed by atoms with Crippen molar-refractivity contribution in [1.29, 1.82) is 0 Å². The summed E-state index contributed by atoms with van der Waals surface area (Å²) in [6, 6.07) is 9.66. The van der Waals surface area contributed by atoms with Crippen molar-refractivity contribution in [1.82, 2.24) is 0 Å². The summed E-state index contributed by atoms with van der Waals surface area (Å²) in [4.78, 5) is 12.2. The Morgan fingerprint density at radius 3 is 2.28 bits per heavy atom. The first-order chi connectivity index (χ1) is 22.4. The SMILES string of the molecule is CCCCC(F)(F)C(O)/C=C/[C@@H]1[C@@H](CCCCCCC(=O)OCc2ccccc2)[C@@H](OC2CCCCO2)C[C@H]1OC1CCCCO1. The number of alkyl halides is 2. The summed E-state index contributed by atoms with van der Waals surface area (Å²) in [5.74, 6) is -3.56. The van der Waals surface area contributed by atoms with Crippen LogP contribution in [0.2, 0.25) is 0 Å². The molecule has 2 aliphatic heterocycles. The molecule has 7 nitrogen and oxygen atoms in total. The molecule has 2 saturated heterocycles. The predicted molar refractivity (Wildman–Crippen MR) is 172 cm³/mol. The van der Waals surface area contributed by atoms with Gasteiger partial charge in [-0.3, -0.25) is 4.79 Å². The molecular weight excluding hydrogens is 594 g/mol. The van der Waals surface area contributed by atoms with Crippen molar-refractivity contribution in [3.8, 4) is 0 Å². The number of esters is 1. The molecule has 1 aliphatic carbocycles. The smallest absolute Gasteiger partial charge is 0.306 e. The maximum Gasteiger partial charge on any atom is 0.306 e. The Bertz CT molecular complexity index is 1010. The largest absolute Gasteiger partial charge is 0.461 e. The average molecular weight is 651 g/mol. The van der Waals surface area contributed by atoms with E-state index in [1.165, 1.54) is 6.08 Å². The van der Waals surface area contributed by atoms with Gasteiger partial charge < -0.3 is 28.8 Å². The summed E-state index contributed by atoms with van der Waals surface area (Å²) in [7, 11) is 0. The molecule has 0 amide bonds. The Hall–Kier alpha value is -1.91. The van der Waals surface area contributed by atoms with E-state index in [-0.39, 0.29) is 55.6 Å². The third-order valence-corrected chi connectivity index (χ3v) is 9.52. The molecule has 1 saturated carbocycles. The van der Waals surface area contributed by atoms with Gasteiger partial charge in [-0.05, 0) is 69.3 Å². The lowest BCUT2D eigenvalue weighted by Gasteiger charge is -2.30. The highest BCUT2D eigenvalue weighted by Crippen LogP contribution is 2.43. The first kappa shape index (κ1) is 36.9. The third-order valence-electron chi connectivity index (χ3n) is 9.52. The van der Waals surface area contributed by atoms with Gasteiger partial charge >= 0.3 is 5.97 Å². The molecular formula is C37H56F2O7. The molecule has 9 heteroatoms. The second-order valence-electron chi connectivity index (χ2n) is 13.2. The van der Waals surface area contributed by atoms with Gasteiger partial charge in [0.2, 0.25) is 0 Å². The number of carbonyl (C=O) groups is 1. The second-order valence-corrected chi connectivity index (χ2v) is 13.2. The highest BCUT2D eigenvalue weighted by atomic mass is 19.3. The molecule has 4 rings (SSSR count). The van der Waals surface area contributed by atoms with Gasteiger partial charge in [0.05, 0.1) is 12.2 Å². The van der Waals surface area contributed by atoms with E-state index in [4.69, 9.17) is 23.7 Å². The van der Waals surface area contributed by atoms with Crippen LogP contribution in [0.25, 0.3) is 0 Å². The van der Waals surface area contributed by atoms with E-state index >= 15 is 0 Å². The van der Waals surface area contributed by atoms with Crippen molar-refractivity contribution in [2.45, 2.75) is 153 Å². The minimum atomic E-state index is -3.18. The zero-order valence-corrected chi connectivity index (χ0v) is 27.7. The Morgan fingerprint density at radius 1 is 0.957 bits per heavy atom. The van der Waals surface area contributed by atoms with Gasteiger partial charge in [0.1, 0.15) is 12.7 Å². The normalized spacial score (nSPS) is 28.0. The molecule has 1 aromatic rings. The summed E-state index contributed by atoms with van der Waals surface area (Å²) in [5, 5.41) is 10.5. The zero-order valence-electron chi connectivity index (χ0n) is 27.7. The van der Waals surface area contributed by atoms with Crippen LogP contribution in [-0.2, 0) is 35.1 Å². The van der Waals surface area contributed by atoms with Crippen LogP contribution < -0.4 is 0 Å². The molecule has 0 radical (unpaired) electrons. The van der Waals surface area contributed by atoms with E-state index in [1.54, 1.807) is 6.08 Å². The number of rotatable bonds is 19. The van der Waals surface area contributed by atoms with Gasteiger partial charge in [-0.2, -0.15) is 0 Å². The summed E-state index contributed by atoms with van der Waals surface area (Å²) in [5.41, 5.74) is 0.973. The van der Waals surface area contributed by atoms with Crippen molar-refractivity contribution >= 4 is 5.97 Å².